The molecule has 0 fully saturated rings. The van der Waals surface area contributed by atoms with E-state index in [0.717, 1.165) is 28.1 Å². The number of amides is 1. The minimum absolute atomic E-state index is 0.162. The number of nitrogens with zero attached hydrogens (tertiary/aromatic N) is 1. The van der Waals surface area contributed by atoms with E-state index in [1.165, 1.54) is 11.1 Å². The van der Waals surface area contributed by atoms with Crippen molar-refractivity contribution in [2.24, 2.45) is 0 Å². The Kier molecular flexibility index (Phi) is 5.21. The van der Waals surface area contributed by atoms with Crippen molar-refractivity contribution in [3.8, 4) is 22.4 Å². The molecule has 4 aromatic rings. The van der Waals surface area contributed by atoms with E-state index in [2.05, 4.69) is 41.5 Å². The molecule has 0 aliphatic heterocycles. The van der Waals surface area contributed by atoms with Gasteiger partial charge in [0.05, 0.1) is 11.3 Å². The van der Waals surface area contributed by atoms with Crippen molar-refractivity contribution in [1.82, 2.24) is 4.98 Å². The summed E-state index contributed by atoms with van der Waals surface area (Å²) in [6.45, 7) is 4.08. The third-order valence-corrected chi connectivity index (χ3v) is 5.06. The fourth-order valence-electron chi connectivity index (χ4n) is 3.21. The molecule has 0 saturated heterocycles. The second kappa shape index (κ2) is 8.11. The van der Waals surface area contributed by atoms with Crippen molar-refractivity contribution in [3.63, 3.8) is 0 Å². The molecule has 0 bridgehead atoms. The summed E-state index contributed by atoms with van der Waals surface area (Å²) in [7, 11) is 0. The Morgan fingerprint density at radius 1 is 0.724 bits per heavy atom. The molecule has 29 heavy (non-hydrogen) atoms. The Balaban J connectivity index is 1.53. The first kappa shape index (κ1) is 18.6. The summed E-state index contributed by atoms with van der Waals surface area (Å²) in [4.78, 5) is 17.1. The number of aromatic nitrogens is 1. The zero-order valence-electron chi connectivity index (χ0n) is 16.5. The monoisotopic (exact) mass is 378 g/mol. The number of carbonyl (C=O) groups excluding carboxylic acids is 1. The number of hydrogen-bond donors (Lipinski definition) is 1. The molecule has 4 rings (SSSR count). The lowest BCUT2D eigenvalue weighted by Crippen LogP contribution is -2.12. The molecule has 0 aliphatic carbocycles. The lowest BCUT2D eigenvalue weighted by molar-refractivity contribution is 0.102. The maximum Gasteiger partial charge on any atom is 0.257 e. The molecule has 142 valence electrons. The van der Waals surface area contributed by atoms with Crippen LogP contribution in [0.1, 0.15) is 21.5 Å². The van der Waals surface area contributed by atoms with Crippen molar-refractivity contribution in [3.05, 3.63) is 108 Å². The number of pyridine rings is 1. The SMILES string of the molecule is Cc1ccc(NC(=O)c2ccc(-c3cccc(-c4ccccc4)c3)nc2)cc1C. The molecule has 0 unspecified atom stereocenters. The Morgan fingerprint density at radius 3 is 2.21 bits per heavy atom. The number of carbonyl (C=O) groups is 1. The highest BCUT2D eigenvalue weighted by Gasteiger charge is 2.09. The van der Waals surface area contributed by atoms with Crippen LogP contribution in [0.15, 0.2) is 91.1 Å². The largest absolute Gasteiger partial charge is 0.322 e. The van der Waals surface area contributed by atoms with Gasteiger partial charge < -0.3 is 5.32 Å². The first-order valence-electron chi connectivity index (χ1n) is 9.61. The second-order valence-electron chi connectivity index (χ2n) is 7.13. The normalized spacial score (nSPS) is 10.6. The predicted molar refractivity (Wildman–Crippen MR) is 119 cm³/mol. The van der Waals surface area contributed by atoms with Crippen molar-refractivity contribution in [2.75, 3.05) is 5.32 Å². The van der Waals surface area contributed by atoms with Gasteiger partial charge in [0.2, 0.25) is 0 Å². The number of benzene rings is 3. The number of nitrogens with one attached hydrogen (secondary N) is 1. The van der Waals surface area contributed by atoms with E-state index in [9.17, 15) is 4.79 Å². The van der Waals surface area contributed by atoms with Crippen LogP contribution in [0.3, 0.4) is 0 Å². The Bertz CT molecular complexity index is 1150. The molecule has 0 spiro atoms. The maximum atomic E-state index is 12.5. The van der Waals surface area contributed by atoms with Gasteiger partial charge in [-0.15, -0.1) is 0 Å². The van der Waals surface area contributed by atoms with E-state index in [1.807, 2.05) is 67.6 Å². The Morgan fingerprint density at radius 2 is 1.48 bits per heavy atom. The molecular weight excluding hydrogens is 356 g/mol. The Hall–Kier alpha value is -3.72. The molecule has 0 saturated carbocycles. The molecule has 3 nitrogen and oxygen atoms in total. The summed E-state index contributed by atoms with van der Waals surface area (Å²) in [5, 5.41) is 2.94. The van der Waals surface area contributed by atoms with Crippen molar-refractivity contribution in [2.45, 2.75) is 13.8 Å². The van der Waals surface area contributed by atoms with Gasteiger partial charge in [-0.1, -0.05) is 54.6 Å². The minimum Gasteiger partial charge on any atom is -0.322 e. The molecule has 3 aromatic carbocycles. The van der Waals surface area contributed by atoms with Gasteiger partial charge in [-0.3, -0.25) is 9.78 Å². The predicted octanol–water partition coefficient (Wildman–Crippen LogP) is 6.28. The first-order chi connectivity index (χ1) is 14.1. The van der Waals surface area contributed by atoms with Gasteiger partial charge in [-0.05, 0) is 66.4 Å². The lowest BCUT2D eigenvalue weighted by atomic mass is 10.0. The summed E-state index contributed by atoms with van der Waals surface area (Å²) in [6.07, 6.45) is 1.63. The number of aryl methyl sites for hydroxylation is 2. The molecule has 1 amide bonds. The third-order valence-electron chi connectivity index (χ3n) is 5.06. The van der Waals surface area contributed by atoms with E-state index in [1.54, 1.807) is 6.20 Å². The van der Waals surface area contributed by atoms with Crippen LogP contribution < -0.4 is 5.32 Å². The summed E-state index contributed by atoms with van der Waals surface area (Å²) < 4.78 is 0. The van der Waals surface area contributed by atoms with Crippen molar-refractivity contribution in [1.29, 1.82) is 0 Å². The topological polar surface area (TPSA) is 42.0 Å². The van der Waals surface area contributed by atoms with Crippen LogP contribution in [-0.4, -0.2) is 10.9 Å². The zero-order valence-corrected chi connectivity index (χ0v) is 16.5. The zero-order chi connectivity index (χ0) is 20.2. The highest BCUT2D eigenvalue weighted by atomic mass is 16.1. The summed E-state index contributed by atoms with van der Waals surface area (Å²) in [6, 6.07) is 28.1. The van der Waals surface area contributed by atoms with E-state index in [4.69, 9.17) is 0 Å². The van der Waals surface area contributed by atoms with Crippen LogP contribution in [0.25, 0.3) is 22.4 Å². The van der Waals surface area contributed by atoms with E-state index in [-0.39, 0.29) is 5.91 Å². The fourth-order valence-corrected chi connectivity index (χ4v) is 3.21. The average Bonchev–Trinajstić information content (AvgIpc) is 2.77. The van der Waals surface area contributed by atoms with E-state index >= 15 is 0 Å². The standard InChI is InChI=1S/C26H22N2O/c1-18-11-13-24(15-19(18)2)28-26(29)23-12-14-25(27-17-23)22-10-6-9-21(16-22)20-7-4-3-5-8-20/h3-17H,1-2H3,(H,28,29). The van der Waals surface area contributed by atoms with Crippen LogP contribution >= 0.6 is 0 Å². The highest BCUT2D eigenvalue weighted by molar-refractivity contribution is 6.04. The van der Waals surface area contributed by atoms with Crippen LogP contribution in [0.2, 0.25) is 0 Å². The van der Waals surface area contributed by atoms with Crippen molar-refractivity contribution < 1.29 is 4.79 Å². The molecule has 1 heterocycles. The summed E-state index contributed by atoms with van der Waals surface area (Å²) >= 11 is 0. The van der Waals surface area contributed by atoms with Crippen LogP contribution in [0.5, 0.6) is 0 Å². The second-order valence-corrected chi connectivity index (χ2v) is 7.13. The van der Waals surface area contributed by atoms with Gasteiger partial charge in [-0.25, -0.2) is 0 Å². The first-order valence-corrected chi connectivity index (χ1v) is 9.61. The van der Waals surface area contributed by atoms with Gasteiger partial charge in [0.25, 0.3) is 5.91 Å². The molecule has 0 aliphatic rings. The van der Waals surface area contributed by atoms with Gasteiger partial charge in [0.15, 0.2) is 0 Å². The van der Waals surface area contributed by atoms with Gasteiger partial charge in [-0.2, -0.15) is 0 Å². The number of rotatable bonds is 4. The van der Waals surface area contributed by atoms with E-state index in [0.29, 0.717) is 5.56 Å². The van der Waals surface area contributed by atoms with Crippen LogP contribution in [0.4, 0.5) is 5.69 Å². The van der Waals surface area contributed by atoms with Crippen molar-refractivity contribution >= 4 is 11.6 Å². The van der Waals surface area contributed by atoms with Gasteiger partial charge >= 0.3 is 0 Å². The summed E-state index contributed by atoms with van der Waals surface area (Å²) in [5.41, 5.74) is 7.84. The molecule has 3 heteroatoms. The highest BCUT2D eigenvalue weighted by Crippen LogP contribution is 2.25. The van der Waals surface area contributed by atoms with E-state index < -0.39 is 0 Å². The summed E-state index contributed by atoms with van der Waals surface area (Å²) in [5.74, 6) is -0.162. The third kappa shape index (κ3) is 4.25. The molecule has 1 N–H and O–H groups in total. The Labute approximate surface area is 171 Å². The number of anilines is 1. The quantitative estimate of drug-likeness (QED) is 0.454. The average molecular weight is 378 g/mol. The minimum atomic E-state index is -0.162. The maximum absolute atomic E-state index is 12.5. The molecular formula is C26H22N2O. The van der Waals surface area contributed by atoms with Crippen LogP contribution in [0, 0.1) is 13.8 Å². The van der Waals surface area contributed by atoms with Gasteiger partial charge in [0, 0.05) is 17.4 Å². The number of hydrogen-bond acceptors (Lipinski definition) is 2. The molecule has 0 atom stereocenters. The molecule has 1 aromatic heterocycles. The lowest BCUT2D eigenvalue weighted by Gasteiger charge is -2.09. The van der Waals surface area contributed by atoms with Crippen LogP contribution in [-0.2, 0) is 0 Å². The smallest absolute Gasteiger partial charge is 0.257 e. The van der Waals surface area contributed by atoms with Gasteiger partial charge in [0.1, 0.15) is 0 Å². The fraction of sp³-hybridized carbons (Fsp3) is 0.0769. The molecule has 0 radical (unpaired) electrons.